The standard InChI is InChI=1S/C31H37N3O6/c1-4-37-31(36)25-6-5-13-34(17-25)30(35)26-19-38-29(32-26)18-33(15-22-7-10-24(11-8-22)21(2)3)16-23-9-12-27-28(14-23)40-20-39-27/h7-12,14,19,21,25H,4-6,13,15-18,20H2,1-3H3/t25-/m0/s1. The van der Waals surface area contributed by atoms with Crippen molar-refractivity contribution in [1.29, 1.82) is 0 Å². The Morgan fingerprint density at radius 2 is 1.80 bits per heavy atom. The van der Waals surface area contributed by atoms with Crippen LogP contribution in [0.5, 0.6) is 11.5 Å². The highest BCUT2D eigenvalue weighted by Crippen LogP contribution is 2.33. The number of nitrogens with zero attached hydrogens (tertiary/aromatic N) is 3. The minimum Gasteiger partial charge on any atom is -0.466 e. The van der Waals surface area contributed by atoms with E-state index in [9.17, 15) is 9.59 Å². The van der Waals surface area contributed by atoms with Crippen LogP contribution in [0.2, 0.25) is 0 Å². The summed E-state index contributed by atoms with van der Waals surface area (Å²) >= 11 is 0. The third kappa shape index (κ3) is 6.65. The summed E-state index contributed by atoms with van der Waals surface area (Å²) in [6.45, 7) is 9.36. The molecule has 1 fully saturated rings. The van der Waals surface area contributed by atoms with Crippen LogP contribution < -0.4 is 9.47 Å². The van der Waals surface area contributed by atoms with Crippen molar-refractivity contribution in [2.24, 2.45) is 5.92 Å². The van der Waals surface area contributed by atoms with Crippen molar-refractivity contribution >= 4 is 11.9 Å². The summed E-state index contributed by atoms with van der Waals surface area (Å²) in [5.74, 6) is 1.64. The number of esters is 1. The van der Waals surface area contributed by atoms with Crippen LogP contribution in [0.1, 0.15) is 72.6 Å². The van der Waals surface area contributed by atoms with E-state index in [-0.39, 0.29) is 30.3 Å². The van der Waals surface area contributed by atoms with Gasteiger partial charge in [0.15, 0.2) is 17.2 Å². The van der Waals surface area contributed by atoms with E-state index >= 15 is 0 Å². The lowest BCUT2D eigenvalue weighted by Gasteiger charge is -2.30. The van der Waals surface area contributed by atoms with Crippen molar-refractivity contribution in [1.82, 2.24) is 14.8 Å². The van der Waals surface area contributed by atoms with Gasteiger partial charge in [0.05, 0.1) is 19.1 Å². The molecule has 212 valence electrons. The number of hydrogen-bond acceptors (Lipinski definition) is 8. The quantitative estimate of drug-likeness (QED) is 0.322. The SMILES string of the molecule is CCOC(=O)[C@H]1CCCN(C(=O)c2coc(CN(Cc3ccc(C(C)C)cc3)Cc3ccc4c(c3)OCO4)n2)C1. The lowest BCUT2D eigenvalue weighted by atomic mass is 9.98. The molecule has 0 spiro atoms. The molecule has 2 aromatic carbocycles. The second-order valence-corrected chi connectivity index (χ2v) is 10.7. The zero-order chi connectivity index (χ0) is 28.1. The van der Waals surface area contributed by atoms with Gasteiger partial charge >= 0.3 is 5.97 Å². The van der Waals surface area contributed by atoms with Gasteiger partial charge < -0.3 is 23.5 Å². The molecule has 3 heterocycles. The van der Waals surface area contributed by atoms with Crippen LogP contribution in [0.3, 0.4) is 0 Å². The van der Waals surface area contributed by atoms with E-state index in [1.807, 2.05) is 18.2 Å². The molecule has 1 saturated heterocycles. The van der Waals surface area contributed by atoms with Gasteiger partial charge in [-0.15, -0.1) is 0 Å². The molecular formula is C31H37N3O6. The average Bonchev–Trinajstić information content (AvgIpc) is 3.62. The van der Waals surface area contributed by atoms with Gasteiger partial charge in [-0.2, -0.15) is 0 Å². The molecule has 2 aliphatic heterocycles. The third-order valence-electron chi connectivity index (χ3n) is 7.35. The number of fused-ring (bicyclic) bond motifs is 1. The minimum atomic E-state index is -0.303. The van der Waals surface area contributed by atoms with Crippen LogP contribution in [0, 0.1) is 5.92 Å². The average molecular weight is 548 g/mol. The number of ether oxygens (including phenoxy) is 3. The van der Waals surface area contributed by atoms with Crippen LogP contribution in [0.4, 0.5) is 0 Å². The first kappa shape index (κ1) is 27.7. The zero-order valence-electron chi connectivity index (χ0n) is 23.4. The summed E-state index contributed by atoms with van der Waals surface area (Å²) in [6, 6.07) is 14.6. The Bertz CT molecular complexity index is 1320. The first-order valence-electron chi connectivity index (χ1n) is 14.0. The van der Waals surface area contributed by atoms with Crippen molar-refractivity contribution in [2.45, 2.75) is 59.2 Å². The van der Waals surface area contributed by atoms with Gasteiger partial charge in [-0.3, -0.25) is 14.5 Å². The van der Waals surface area contributed by atoms with E-state index in [0.29, 0.717) is 51.1 Å². The topological polar surface area (TPSA) is 94.3 Å². The van der Waals surface area contributed by atoms with Crippen LogP contribution >= 0.6 is 0 Å². The summed E-state index contributed by atoms with van der Waals surface area (Å²) < 4.78 is 22.0. The number of carbonyl (C=O) groups is 2. The van der Waals surface area contributed by atoms with Crippen molar-refractivity contribution in [2.75, 3.05) is 26.5 Å². The van der Waals surface area contributed by atoms with E-state index in [4.69, 9.17) is 18.6 Å². The molecule has 2 aliphatic rings. The summed E-state index contributed by atoms with van der Waals surface area (Å²) in [5, 5.41) is 0. The second kappa shape index (κ2) is 12.6. The van der Waals surface area contributed by atoms with E-state index < -0.39 is 0 Å². The number of rotatable bonds is 10. The van der Waals surface area contributed by atoms with Crippen LogP contribution in [-0.4, -0.2) is 53.1 Å². The summed E-state index contributed by atoms with van der Waals surface area (Å²) in [5.41, 5.74) is 3.80. The van der Waals surface area contributed by atoms with Crippen molar-refractivity contribution < 1.29 is 28.2 Å². The van der Waals surface area contributed by atoms with Gasteiger partial charge in [0.1, 0.15) is 6.26 Å². The first-order chi connectivity index (χ1) is 19.4. The minimum absolute atomic E-state index is 0.226. The molecule has 40 heavy (non-hydrogen) atoms. The summed E-state index contributed by atoms with van der Waals surface area (Å²) in [6.07, 6.45) is 2.89. The Hall–Kier alpha value is -3.85. The van der Waals surface area contributed by atoms with Gasteiger partial charge in [0, 0.05) is 26.2 Å². The molecule has 3 aromatic rings. The fourth-order valence-corrected chi connectivity index (χ4v) is 5.18. The molecule has 0 radical (unpaired) electrons. The highest BCUT2D eigenvalue weighted by molar-refractivity contribution is 5.92. The Morgan fingerprint density at radius 3 is 2.58 bits per heavy atom. The Balaban J connectivity index is 1.29. The van der Waals surface area contributed by atoms with Crippen LogP contribution in [-0.2, 0) is 29.2 Å². The monoisotopic (exact) mass is 547 g/mol. The van der Waals surface area contributed by atoms with Crippen molar-refractivity contribution in [3.8, 4) is 11.5 Å². The molecule has 1 atom stereocenters. The number of aromatic nitrogens is 1. The third-order valence-corrected chi connectivity index (χ3v) is 7.35. The number of benzene rings is 2. The first-order valence-corrected chi connectivity index (χ1v) is 14.0. The maximum atomic E-state index is 13.2. The molecule has 5 rings (SSSR count). The van der Waals surface area contributed by atoms with Gasteiger partial charge in [0.2, 0.25) is 12.7 Å². The summed E-state index contributed by atoms with van der Waals surface area (Å²) in [4.78, 5) is 33.9. The van der Waals surface area contributed by atoms with E-state index in [2.05, 4.69) is 48.0 Å². The van der Waals surface area contributed by atoms with E-state index in [1.165, 1.54) is 17.4 Å². The number of piperidine rings is 1. The molecule has 9 heteroatoms. The maximum absolute atomic E-state index is 13.2. The van der Waals surface area contributed by atoms with Crippen LogP contribution in [0.15, 0.2) is 53.1 Å². The number of hydrogen-bond donors (Lipinski definition) is 0. The predicted octanol–water partition coefficient (Wildman–Crippen LogP) is 5.14. The molecule has 0 aliphatic carbocycles. The van der Waals surface area contributed by atoms with Crippen LogP contribution in [0.25, 0.3) is 0 Å². The molecule has 9 nitrogen and oxygen atoms in total. The molecule has 0 unspecified atom stereocenters. The molecule has 0 bridgehead atoms. The Kier molecular flexibility index (Phi) is 8.69. The van der Waals surface area contributed by atoms with Gasteiger partial charge in [-0.25, -0.2) is 4.98 Å². The fraction of sp³-hybridized carbons (Fsp3) is 0.452. The van der Waals surface area contributed by atoms with Crippen molar-refractivity contribution in [3.05, 3.63) is 77.0 Å². The van der Waals surface area contributed by atoms with Gasteiger partial charge in [-0.1, -0.05) is 44.2 Å². The lowest BCUT2D eigenvalue weighted by Crippen LogP contribution is -2.43. The van der Waals surface area contributed by atoms with Gasteiger partial charge in [-0.05, 0) is 54.5 Å². The number of carbonyl (C=O) groups excluding carboxylic acids is 2. The fourth-order valence-electron chi connectivity index (χ4n) is 5.18. The van der Waals surface area contributed by atoms with E-state index in [0.717, 1.165) is 29.9 Å². The van der Waals surface area contributed by atoms with Gasteiger partial charge in [0.25, 0.3) is 5.91 Å². The number of amides is 1. The molecular weight excluding hydrogens is 510 g/mol. The van der Waals surface area contributed by atoms with Crippen molar-refractivity contribution in [3.63, 3.8) is 0 Å². The largest absolute Gasteiger partial charge is 0.466 e. The molecule has 0 saturated carbocycles. The number of likely N-dealkylation sites (tertiary alicyclic amines) is 1. The normalized spacial score (nSPS) is 16.5. The Labute approximate surface area is 235 Å². The van der Waals surface area contributed by atoms with E-state index in [1.54, 1.807) is 11.8 Å². The molecule has 1 aromatic heterocycles. The Morgan fingerprint density at radius 1 is 1.05 bits per heavy atom. The highest BCUT2D eigenvalue weighted by atomic mass is 16.7. The number of oxazole rings is 1. The predicted molar refractivity (Wildman–Crippen MR) is 148 cm³/mol. The highest BCUT2D eigenvalue weighted by Gasteiger charge is 2.31. The summed E-state index contributed by atoms with van der Waals surface area (Å²) in [7, 11) is 0. The maximum Gasteiger partial charge on any atom is 0.310 e. The zero-order valence-corrected chi connectivity index (χ0v) is 23.4. The smallest absolute Gasteiger partial charge is 0.310 e. The second-order valence-electron chi connectivity index (χ2n) is 10.7. The molecule has 1 amide bonds. The lowest BCUT2D eigenvalue weighted by molar-refractivity contribution is -0.149. The molecule has 0 N–H and O–H groups in total.